The summed E-state index contributed by atoms with van der Waals surface area (Å²) >= 11 is 1.90. The van der Waals surface area contributed by atoms with Gasteiger partial charge in [-0.25, -0.2) is 4.79 Å². The lowest BCUT2D eigenvalue weighted by Crippen LogP contribution is -2.65. The van der Waals surface area contributed by atoms with Gasteiger partial charge in [-0.1, -0.05) is 65.2 Å². The number of hydrogen-bond acceptors (Lipinski definition) is 18. The van der Waals surface area contributed by atoms with Gasteiger partial charge in [-0.2, -0.15) is 26.7 Å². The van der Waals surface area contributed by atoms with Crippen LogP contribution in [0.3, 0.4) is 0 Å². The van der Waals surface area contributed by atoms with Gasteiger partial charge in [0.05, 0.1) is 12.1 Å². The Balaban J connectivity index is 0.854. The highest BCUT2D eigenvalue weighted by atomic mass is 32.2. The average molecular weight is 1250 g/mol. The molecule has 9 N–H and O–H groups in total. The van der Waals surface area contributed by atoms with E-state index >= 15 is 0 Å². The molecular formula is C60H101N17O10S. The second-order valence-corrected chi connectivity index (χ2v) is 25.9. The number of aromatic nitrogens is 3. The maximum Gasteiger partial charge on any atom is 0.315 e. The van der Waals surface area contributed by atoms with E-state index in [1.807, 2.05) is 30.5 Å². The van der Waals surface area contributed by atoms with Crippen LogP contribution in [-0.4, -0.2) is 256 Å². The summed E-state index contributed by atoms with van der Waals surface area (Å²) in [5, 5.41) is 22.1. The molecule has 0 saturated carbocycles. The fourth-order valence-electron chi connectivity index (χ4n) is 12.9. The molecule has 6 fully saturated rings. The summed E-state index contributed by atoms with van der Waals surface area (Å²) in [6.07, 6.45) is 14.6. The Hall–Kier alpha value is -6.29. The monoisotopic (exact) mass is 1250 g/mol. The van der Waals surface area contributed by atoms with Crippen molar-refractivity contribution >= 4 is 83.0 Å². The molecule has 0 aliphatic carbocycles. The van der Waals surface area contributed by atoms with E-state index in [4.69, 9.17) is 26.4 Å². The summed E-state index contributed by atoms with van der Waals surface area (Å²) in [6, 6.07) is -2.93. The number of hydrogen-bond donors (Lipinski definition) is 7. The van der Waals surface area contributed by atoms with Crippen LogP contribution in [-0.2, 0) is 38.4 Å². The number of carbonyl (C=O) groups is 9. The number of piperazine rings is 4. The lowest BCUT2D eigenvalue weighted by atomic mass is 9.93. The predicted octanol–water partition coefficient (Wildman–Crippen LogP) is 1.79. The largest absolute Gasteiger partial charge is 0.481 e. The molecule has 27 nitrogen and oxygen atoms in total. The lowest BCUT2D eigenvalue weighted by molar-refractivity contribution is -0.163. The molecule has 6 aliphatic heterocycles. The van der Waals surface area contributed by atoms with Crippen LogP contribution in [0.25, 0.3) is 0 Å². The molecule has 0 aromatic carbocycles. The molecule has 0 bridgehead atoms. The summed E-state index contributed by atoms with van der Waals surface area (Å²) in [6.45, 7) is 9.37. The van der Waals surface area contributed by atoms with E-state index in [9.17, 15) is 48.3 Å². The third kappa shape index (κ3) is 18.9. The molecule has 0 unspecified atom stereocenters. The van der Waals surface area contributed by atoms with Crippen molar-refractivity contribution in [3.8, 4) is 0 Å². The first-order valence-corrected chi connectivity index (χ1v) is 33.8. The Kier molecular flexibility index (Phi) is 27.2. The number of rotatable bonds is 36. The number of fused-ring (bicyclic) bond motifs is 1. The van der Waals surface area contributed by atoms with E-state index < -0.39 is 36.0 Å². The minimum atomic E-state index is -1.06. The van der Waals surface area contributed by atoms with Gasteiger partial charge in [0.25, 0.3) is 0 Å². The van der Waals surface area contributed by atoms with Gasteiger partial charge < -0.3 is 77.0 Å². The number of amides is 9. The summed E-state index contributed by atoms with van der Waals surface area (Å²) in [7, 11) is 3.17. The third-order valence-corrected chi connectivity index (χ3v) is 20.1. The first-order chi connectivity index (χ1) is 42.4. The molecule has 0 radical (unpaired) electrons. The zero-order chi connectivity index (χ0) is 63.3. The highest BCUT2D eigenvalue weighted by molar-refractivity contribution is 8.00. The van der Waals surface area contributed by atoms with Crippen molar-refractivity contribution in [3.05, 3.63) is 0 Å². The van der Waals surface area contributed by atoms with Gasteiger partial charge in [0, 0.05) is 103 Å². The number of carboxylic acid groups (broad SMARTS) is 1. The van der Waals surface area contributed by atoms with E-state index in [-0.39, 0.29) is 85.4 Å². The first kappa shape index (κ1) is 69.2. The fourth-order valence-corrected chi connectivity index (χ4v) is 14.5. The molecule has 492 valence electrons. The second kappa shape index (κ2) is 34.6. The normalized spacial score (nSPS) is 22.7. The van der Waals surface area contributed by atoms with Crippen LogP contribution in [0.2, 0.25) is 0 Å². The first-order valence-electron chi connectivity index (χ1n) is 32.7. The molecule has 7 rings (SSSR count). The van der Waals surface area contributed by atoms with Crippen molar-refractivity contribution < 1.29 is 48.3 Å². The molecule has 9 amide bonds. The zero-order valence-electron chi connectivity index (χ0n) is 52.7. The van der Waals surface area contributed by atoms with Gasteiger partial charge in [-0.3, -0.25) is 38.4 Å². The van der Waals surface area contributed by atoms with Crippen LogP contribution in [0, 0.1) is 5.92 Å². The lowest BCUT2D eigenvalue weighted by Gasteiger charge is -2.45. The standard InChI is InChI=1S/C60H101N17O10S/c1-5-41(2)52-56(86)77(39-49(80)71(52)4)45(21-14-17-27-62)54(84)73-32-36-75(37-33-73)59-68-57(64-29-19-15-22-46-51-42(40-88-46)65-60(87)66-51)67-58(69-59)74-34-30-72(31-35-74)47(78)23-12-10-8-6-7-9-11-18-28-63-53(83)43(20-13-16-26-61)76-38-48(79)70(3)44(55(76)85)24-25-50(81)82/h41-46,51-52H,5-40,61-62H2,1-4H3,(H,63,83)(H,81,82)(H2,65,66,87)(H,64,67,68,69)/t41-,42-,43-,44-,45-,46-,51-,52-/m0/s1. The van der Waals surface area contributed by atoms with Gasteiger partial charge in [-0.15, -0.1) is 0 Å². The van der Waals surface area contributed by atoms with E-state index in [1.165, 1.54) is 26.6 Å². The topological polar surface area (TPSA) is 339 Å². The Bertz CT molecular complexity index is 2520. The van der Waals surface area contributed by atoms with Crippen LogP contribution in [0.1, 0.15) is 149 Å². The third-order valence-electron chi connectivity index (χ3n) is 18.6. The number of thioether (sulfide) groups is 1. The number of aliphatic carboxylic acids is 1. The second-order valence-electron chi connectivity index (χ2n) is 24.7. The van der Waals surface area contributed by atoms with Crippen LogP contribution >= 0.6 is 11.8 Å². The molecule has 1 aromatic heterocycles. The van der Waals surface area contributed by atoms with Crippen LogP contribution in [0.15, 0.2) is 0 Å². The minimum Gasteiger partial charge on any atom is -0.481 e. The summed E-state index contributed by atoms with van der Waals surface area (Å²) in [5.41, 5.74) is 11.6. The molecule has 6 saturated heterocycles. The number of carbonyl (C=O) groups excluding carboxylic acids is 8. The summed E-state index contributed by atoms with van der Waals surface area (Å²) < 4.78 is 0. The van der Waals surface area contributed by atoms with Crippen molar-refractivity contribution in [3.63, 3.8) is 0 Å². The molecule has 0 spiro atoms. The van der Waals surface area contributed by atoms with Gasteiger partial charge in [0.1, 0.15) is 37.3 Å². The molecule has 7 heterocycles. The number of nitrogens with one attached hydrogen (secondary N) is 4. The SMILES string of the molecule is CC[C@H](C)[C@H]1C(=O)N([C@@H](CCCCN)C(=O)N2CCN(c3nc(NCCCC[C@@H]4SC[C@@H]5NC(=O)N[C@@H]54)nc(N4CCN(C(=O)CCCCCCCCCCNC(=O)[C@H](CCCCN)N5CC(=O)N(C)[C@@H](CCC(=O)O)C5=O)CC4)n3)CC2)CC(=O)N1C. The number of likely N-dealkylation sites (N-methyl/N-ethyl adjacent to an activating group) is 2. The van der Waals surface area contributed by atoms with E-state index in [0.29, 0.717) is 153 Å². The smallest absolute Gasteiger partial charge is 0.315 e. The van der Waals surface area contributed by atoms with Crippen LogP contribution in [0.5, 0.6) is 0 Å². The van der Waals surface area contributed by atoms with Gasteiger partial charge in [-0.05, 0) is 89.6 Å². The van der Waals surface area contributed by atoms with Gasteiger partial charge in [0.2, 0.25) is 59.2 Å². The molecular weight excluding hydrogens is 1150 g/mol. The highest BCUT2D eigenvalue weighted by Crippen LogP contribution is 2.33. The summed E-state index contributed by atoms with van der Waals surface area (Å²) in [4.78, 5) is 147. The Morgan fingerprint density at radius 1 is 0.648 bits per heavy atom. The number of nitrogens with zero attached hydrogens (tertiary/aromatic N) is 11. The molecule has 88 heavy (non-hydrogen) atoms. The molecule has 8 atom stereocenters. The number of unbranched alkanes of at least 4 members (excludes halogenated alkanes) is 10. The van der Waals surface area contributed by atoms with Crippen molar-refractivity contribution in [2.75, 3.05) is 127 Å². The highest BCUT2D eigenvalue weighted by Gasteiger charge is 2.47. The number of carboxylic acids is 1. The van der Waals surface area contributed by atoms with Crippen molar-refractivity contribution in [1.82, 2.24) is 60.3 Å². The quantitative estimate of drug-likeness (QED) is 0.0372. The van der Waals surface area contributed by atoms with Gasteiger partial charge in [0.15, 0.2) is 0 Å². The molecule has 28 heteroatoms. The Morgan fingerprint density at radius 3 is 1.83 bits per heavy atom. The Morgan fingerprint density at radius 2 is 1.22 bits per heavy atom. The molecule has 6 aliphatic rings. The van der Waals surface area contributed by atoms with E-state index in [1.54, 1.807) is 11.9 Å². The number of nitrogens with two attached hydrogens (primary N) is 2. The van der Waals surface area contributed by atoms with E-state index in [2.05, 4.69) is 31.1 Å². The minimum absolute atomic E-state index is 0.0227. The summed E-state index contributed by atoms with van der Waals surface area (Å²) in [5.74, 6) is -0.220. The number of anilines is 3. The zero-order valence-corrected chi connectivity index (χ0v) is 53.5. The predicted molar refractivity (Wildman–Crippen MR) is 336 cm³/mol. The molecule has 1 aromatic rings. The van der Waals surface area contributed by atoms with Gasteiger partial charge >= 0.3 is 12.0 Å². The average Bonchev–Trinajstić information content (AvgIpc) is 2.09. The van der Waals surface area contributed by atoms with Crippen molar-refractivity contribution in [2.45, 2.75) is 190 Å². The van der Waals surface area contributed by atoms with Crippen molar-refractivity contribution in [1.29, 1.82) is 0 Å². The van der Waals surface area contributed by atoms with Crippen LogP contribution in [0.4, 0.5) is 22.6 Å². The Labute approximate surface area is 523 Å². The fraction of sp³-hybridized carbons (Fsp3) is 0.800. The maximum atomic E-state index is 14.5. The maximum absolute atomic E-state index is 14.5. The van der Waals surface area contributed by atoms with Crippen LogP contribution < -0.4 is 42.5 Å². The number of urea groups is 1. The van der Waals surface area contributed by atoms with Crippen molar-refractivity contribution in [2.24, 2.45) is 17.4 Å². The van der Waals surface area contributed by atoms with E-state index in [0.717, 1.165) is 76.4 Å².